The van der Waals surface area contributed by atoms with Gasteiger partial charge in [0.15, 0.2) is 17.3 Å². The number of hydrogen-bond acceptors (Lipinski definition) is 8. The fourth-order valence-corrected chi connectivity index (χ4v) is 4.24. The standard InChI is InChI=1S/C30H38N4O7/c1-8-40-21-14-12-20(13-15-21)34(26(36)17-16-25(35)31-24-18-19(2)41-33-24)27(29(37)32-30(3,4)5)22-10-9-11-23(38-6)28(22)39-7/h9-15,18,27H,8,16-17H2,1-7H3,(H,32,37)(H,31,33,35)/t27-/m1/s1. The summed E-state index contributed by atoms with van der Waals surface area (Å²) in [6.07, 6.45) is -0.345. The van der Waals surface area contributed by atoms with Crippen LogP contribution in [0.2, 0.25) is 0 Å². The van der Waals surface area contributed by atoms with Crippen LogP contribution in [0.15, 0.2) is 53.1 Å². The molecule has 11 nitrogen and oxygen atoms in total. The van der Waals surface area contributed by atoms with Crippen molar-refractivity contribution in [3.63, 3.8) is 0 Å². The number of methoxy groups -OCH3 is 2. The summed E-state index contributed by atoms with van der Waals surface area (Å²) >= 11 is 0. The smallest absolute Gasteiger partial charge is 0.248 e. The minimum absolute atomic E-state index is 0.152. The van der Waals surface area contributed by atoms with Crippen LogP contribution in [0.5, 0.6) is 17.2 Å². The van der Waals surface area contributed by atoms with Crippen LogP contribution in [0.1, 0.15) is 57.9 Å². The highest BCUT2D eigenvalue weighted by Gasteiger charge is 2.37. The third kappa shape index (κ3) is 8.23. The van der Waals surface area contributed by atoms with Gasteiger partial charge in [-0.05, 0) is 65.0 Å². The largest absolute Gasteiger partial charge is 0.494 e. The average Bonchev–Trinajstić information content (AvgIpc) is 3.33. The zero-order valence-corrected chi connectivity index (χ0v) is 24.6. The van der Waals surface area contributed by atoms with E-state index in [4.69, 9.17) is 18.7 Å². The first-order chi connectivity index (χ1) is 19.5. The Morgan fingerprint density at radius 2 is 1.73 bits per heavy atom. The Morgan fingerprint density at radius 1 is 1.02 bits per heavy atom. The van der Waals surface area contributed by atoms with Crippen molar-refractivity contribution in [2.75, 3.05) is 31.0 Å². The molecule has 2 aromatic carbocycles. The van der Waals surface area contributed by atoms with Gasteiger partial charge in [-0.25, -0.2) is 0 Å². The Balaban J connectivity index is 2.07. The molecule has 3 rings (SSSR count). The molecule has 11 heteroatoms. The van der Waals surface area contributed by atoms with E-state index in [1.165, 1.54) is 19.1 Å². The summed E-state index contributed by atoms with van der Waals surface area (Å²) in [4.78, 5) is 42.0. The average molecular weight is 567 g/mol. The molecule has 1 heterocycles. The van der Waals surface area contributed by atoms with Crippen molar-refractivity contribution < 1.29 is 33.1 Å². The van der Waals surface area contributed by atoms with E-state index in [0.29, 0.717) is 40.9 Å². The van der Waals surface area contributed by atoms with E-state index in [9.17, 15) is 14.4 Å². The molecule has 3 amide bonds. The highest BCUT2D eigenvalue weighted by molar-refractivity contribution is 6.03. The fourth-order valence-electron chi connectivity index (χ4n) is 4.24. The normalized spacial score (nSPS) is 11.8. The molecule has 0 aliphatic carbocycles. The van der Waals surface area contributed by atoms with Crippen molar-refractivity contribution in [2.45, 2.75) is 59.0 Å². The van der Waals surface area contributed by atoms with Crippen molar-refractivity contribution in [2.24, 2.45) is 0 Å². The van der Waals surface area contributed by atoms with Crippen LogP contribution in [-0.2, 0) is 14.4 Å². The highest BCUT2D eigenvalue weighted by Crippen LogP contribution is 2.40. The Labute approximate surface area is 240 Å². The number of nitrogens with zero attached hydrogens (tertiary/aromatic N) is 2. The number of carbonyl (C=O) groups excluding carboxylic acids is 3. The lowest BCUT2D eigenvalue weighted by molar-refractivity contribution is -0.128. The fraction of sp³-hybridized carbons (Fsp3) is 0.400. The van der Waals surface area contributed by atoms with Crippen LogP contribution in [0.3, 0.4) is 0 Å². The number of para-hydroxylation sites is 1. The monoisotopic (exact) mass is 566 g/mol. The number of aromatic nitrogens is 1. The first-order valence-electron chi connectivity index (χ1n) is 13.3. The molecule has 1 atom stereocenters. The Kier molecular flexibility index (Phi) is 10.3. The zero-order valence-electron chi connectivity index (χ0n) is 24.6. The molecule has 41 heavy (non-hydrogen) atoms. The van der Waals surface area contributed by atoms with E-state index in [1.54, 1.807) is 55.5 Å². The third-order valence-corrected chi connectivity index (χ3v) is 5.89. The lowest BCUT2D eigenvalue weighted by Crippen LogP contribution is -2.49. The molecule has 0 fully saturated rings. The third-order valence-electron chi connectivity index (χ3n) is 5.89. The summed E-state index contributed by atoms with van der Waals surface area (Å²) < 4.78 is 21.7. The number of benzene rings is 2. The summed E-state index contributed by atoms with van der Waals surface area (Å²) in [5, 5.41) is 9.37. The molecule has 0 aliphatic heterocycles. The maximum absolute atomic E-state index is 14.0. The number of hydrogen-bond donors (Lipinski definition) is 2. The molecular weight excluding hydrogens is 528 g/mol. The first kappa shape index (κ1) is 31.0. The van der Waals surface area contributed by atoms with Crippen LogP contribution < -0.4 is 29.7 Å². The number of aryl methyl sites for hydroxylation is 1. The van der Waals surface area contributed by atoms with Crippen molar-refractivity contribution in [1.82, 2.24) is 10.5 Å². The maximum Gasteiger partial charge on any atom is 0.248 e. The SMILES string of the molecule is CCOc1ccc(N(C(=O)CCC(=O)Nc2cc(C)on2)[C@@H](C(=O)NC(C)(C)C)c2cccc(OC)c2OC)cc1. The number of amides is 3. The second kappa shape index (κ2) is 13.7. The van der Waals surface area contributed by atoms with E-state index in [0.717, 1.165) is 0 Å². The Bertz CT molecular complexity index is 1350. The Hall–Kier alpha value is -4.54. The second-order valence-electron chi connectivity index (χ2n) is 10.3. The predicted molar refractivity (Wildman–Crippen MR) is 154 cm³/mol. The number of nitrogens with one attached hydrogen (secondary N) is 2. The molecule has 220 valence electrons. The van der Waals surface area contributed by atoms with E-state index < -0.39 is 29.3 Å². The lowest BCUT2D eigenvalue weighted by Gasteiger charge is -2.34. The van der Waals surface area contributed by atoms with Gasteiger partial charge in [-0.3, -0.25) is 19.3 Å². The van der Waals surface area contributed by atoms with E-state index in [2.05, 4.69) is 15.8 Å². The summed E-state index contributed by atoms with van der Waals surface area (Å²) in [7, 11) is 2.97. The molecular formula is C30H38N4O7. The van der Waals surface area contributed by atoms with Crippen LogP contribution in [0, 0.1) is 6.92 Å². The molecule has 1 aromatic heterocycles. The molecule has 2 N–H and O–H groups in total. The van der Waals surface area contributed by atoms with Gasteiger partial charge in [-0.2, -0.15) is 0 Å². The molecule has 0 bridgehead atoms. The van der Waals surface area contributed by atoms with E-state index in [-0.39, 0.29) is 18.7 Å². The Morgan fingerprint density at radius 3 is 2.29 bits per heavy atom. The van der Waals surface area contributed by atoms with Crippen LogP contribution in [0.25, 0.3) is 0 Å². The van der Waals surface area contributed by atoms with Gasteiger partial charge in [-0.1, -0.05) is 17.3 Å². The van der Waals surface area contributed by atoms with Gasteiger partial charge in [0.2, 0.25) is 17.7 Å². The van der Waals surface area contributed by atoms with Crippen molar-refractivity contribution in [1.29, 1.82) is 0 Å². The zero-order chi connectivity index (χ0) is 30.2. The van der Waals surface area contributed by atoms with E-state index in [1.807, 2.05) is 27.7 Å². The lowest BCUT2D eigenvalue weighted by atomic mass is 9.98. The molecule has 3 aromatic rings. The molecule has 0 radical (unpaired) electrons. The topological polar surface area (TPSA) is 132 Å². The van der Waals surface area contributed by atoms with E-state index >= 15 is 0 Å². The molecule has 0 saturated heterocycles. The minimum atomic E-state index is -1.16. The number of anilines is 2. The summed E-state index contributed by atoms with van der Waals surface area (Å²) in [6, 6.07) is 12.4. The van der Waals surface area contributed by atoms with Gasteiger partial charge >= 0.3 is 0 Å². The van der Waals surface area contributed by atoms with Gasteiger partial charge in [0.1, 0.15) is 17.6 Å². The van der Waals surface area contributed by atoms with Crippen LogP contribution in [-0.4, -0.2) is 49.2 Å². The number of ether oxygens (including phenoxy) is 3. The van der Waals surface area contributed by atoms with Gasteiger partial charge < -0.3 is 29.4 Å². The minimum Gasteiger partial charge on any atom is -0.494 e. The van der Waals surface area contributed by atoms with Gasteiger partial charge in [0.25, 0.3) is 0 Å². The molecule has 0 aliphatic rings. The highest BCUT2D eigenvalue weighted by atomic mass is 16.5. The predicted octanol–water partition coefficient (Wildman–Crippen LogP) is 4.81. The number of rotatable bonds is 12. The van der Waals surface area contributed by atoms with Gasteiger partial charge in [0, 0.05) is 35.7 Å². The summed E-state index contributed by atoms with van der Waals surface area (Å²) in [5.41, 5.74) is 0.244. The van der Waals surface area contributed by atoms with Crippen molar-refractivity contribution in [3.8, 4) is 17.2 Å². The van der Waals surface area contributed by atoms with Crippen LogP contribution in [0.4, 0.5) is 11.5 Å². The second-order valence-corrected chi connectivity index (χ2v) is 10.3. The molecule has 0 spiro atoms. The first-order valence-corrected chi connectivity index (χ1v) is 13.3. The van der Waals surface area contributed by atoms with Gasteiger partial charge in [0.05, 0.1) is 20.8 Å². The molecule has 0 saturated carbocycles. The maximum atomic E-state index is 14.0. The molecule has 0 unspecified atom stereocenters. The van der Waals surface area contributed by atoms with Crippen LogP contribution >= 0.6 is 0 Å². The summed E-state index contributed by atoms with van der Waals surface area (Å²) in [5.74, 6) is 0.804. The van der Waals surface area contributed by atoms with Crippen molar-refractivity contribution in [3.05, 3.63) is 59.9 Å². The number of carbonyl (C=O) groups is 3. The quantitative estimate of drug-likeness (QED) is 0.319. The van der Waals surface area contributed by atoms with Gasteiger partial charge in [-0.15, -0.1) is 0 Å². The van der Waals surface area contributed by atoms with Crippen molar-refractivity contribution >= 4 is 29.2 Å². The summed E-state index contributed by atoms with van der Waals surface area (Å²) in [6.45, 7) is 9.60.